The van der Waals surface area contributed by atoms with E-state index in [2.05, 4.69) is 31.8 Å². The fourth-order valence-electron chi connectivity index (χ4n) is 3.95. The quantitative estimate of drug-likeness (QED) is 0.279. The lowest BCUT2D eigenvalue weighted by molar-refractivity contribution is -0.00177. The van der Waals surface area contributed by atoms with Gasteiger partial charge in [0, 0.05) is 30.0 Å². The summed E-state index contributed by atoms with van der Waals surface area (Å²) >= 11 is 0. The molecule has 4 heterocycles. The predicted molar refractivity (Wildman–Crippen MR) is 144 cm³/mol. The van der Waals surface area contributed by atoms with Crippen LogP contribution in [0.2, 0.25) is 0 Å². The molecule has 0 saturated carbocycles. The Morgan fingerprint density at radius 1 is 1.18 bits per heavy atom. The van der Waals surface area contributed by atoms with Crippen LogP contribution in [0.1, 0.15) is 29.8 Å². The van der Waals surface area contributed by atoms with Crippen LogP contribution in [0.3, 0.4) is 0 Å². The maximum Gasteiger partial charge on any atom is 0.255 e. The van der Waals surface area contributed by atoms with Gasteiger partial charge in [0.25, 0.3) is 5.91 Å². The molecule has 4 aromatic heterocycles. The van der Waals surface area contributed by atoms with Gasteiger partial charge in [-0.2, -0.15) is 10.4 Å². The van der Waals surface area contributed by atoms with Gasteiger partial charge < -0.3 is 20.3 Å². The third-order valence-corrected chi connectivity index (χ3v) is 6.20. The first-order chi connectivity index (χ1) is 18.7. The smallest absolute Gasteiger partial charge is 0.255 e. The number of aromatic nitrogens is 5. The van der Waals surface area contributed by atoms with Gasteiger partial charge in [-0.1, -0.05) is 0 Å². The number of hydrogen-bond acceptors (Lipinski definition) is 7. The summed E-state index contributed by atoms with van der Waals surface area (Å²) in [5, 5.41) is 29.2. The number of nitrogens with one attached hydrogen (secondary N) is 2. The Balaban J connectivity index is 1.49. The van der Waals surface area contributed by atoms with E-state index in [1.165, 1.54) is 26.2 Å². The largest absolute Gasteiger partial charge is 0.387 e. The zero-order valence-electron chi connectivity index (χ0n) is 21.2. The fourth-order valence-corrected chi connectivity index (χ4v) is 3.95. The summed E-state index contributed by atoms with van der Waals surface area (Å²) in [6.45, 7) is 2.32. The first kappa shape index (κ1) is 25.6. The maximum atomic E-state index is 14.3. The molecule has 0 aliphatic carbocycles. The number of amides is 1. The molecule has 0 spiro atoms. The van der Waals surface area contributed by atoms with Crippen LogP contribution < -0.4 is 10.6 Å². The first-order valence-corrected chi connectivity index (χ1v) is 12.1. The number of hydrogen-bond donors (Lipinski definition) is 3. The van der Waals surface area contributed by atoms with Gasteiger partial charge in [0.2, 0.25) is 0 Å². The van der Waals surface area contributed by atoms with E-state index in [0.29, 0.717) is 28.3 Å². The highest BCUT2D eigenvalue weighted by Crippen LogP contribution is 2.28. The number of fused-ring (bicyclic) bond motifs is 1. The van der Waals surface area contributed by atoms with E-state index in [-0.39, 0.29) is 12.1 Å². The Kier molecular flexibility index (Phi) is 6.79. The lowest BCUT2D eigenvalue weighted by atomic mass is 10.0. The van der Waals surface area contributed by atoms with Crippen LogP contribution in [0.25, 0.3) is 22.6 Å². The normalized spacial score (nSPS) is 12.2. The summed E-state index contributed by atoms with van der Waals surface area (Å²) in [4.78, 5) is 21.6. The monoisotopic (exact) mass is 524 g/mol. The van der Waals surface area contributed by atoms with Gasteiger partial charge in [0.15, 0.2) is 0 Å². The molecule has 1 aromatic carbocycles. The number of benzene rings is 1. The Bertz CT molecular complexity index is 1670. The lowest BCUT2D eigenvalue weighted by Gasteiger charge is -2.22. The van der Waals surface area contributed by atoms with E-state index >= 15 is 0 Å². The van der Waals surface area contributed by atoms with Crippen LogP contribution in [0.15, 0.2) is 79.6 Å². The van der Waals surface area contributed by atoms with Crippen LogP contribution >= 0.6 is 0 Å². The predicted octanol–water partition coefficient (Wildman–Crippen LogP) is 4.04. The molecule has 5 rings (SSSR count). The highest BCUT2D eigenvalue weighted by molar-refractivity contribution is 6.00. The van der Waals surface area contributed by atoms with Crippen molar-refractivity contribution in [3.8, 4) is 23.1 Å². The molecule has 0 radical (unpaired) electrons. The number of carbonyl (C=O) groups is 1. The summed E-state index contributed by atoms with van der Waals surface area (Å²) in [5.74, 6) is -0.546. The van der Waals surface area contributed by atoms with Crippen LogP contribution in [0.5, 0.6) is 0 Å². The van der Waals surface area contributed by atoms with Crippen molar-refractivity contribution in [1.82, 2.24) is 29.5 Å². The first-order valence-electron chi connectivity index (χ1n) is 12.1. The molecule has 10 nitrogen and oxygen atoms in total. The molecule has 0 unspecified atom stereocenters. The fraction of sp³-hybridized carbons (Fsp3) is 0.179. The topological polar surface area (TPSA) is 133 Å². The molecule has 39 heavy (non-hydrogen) atoms. The molecule has 196 valence electrons. The minimum absolute atomic E-state index is 0.195. The Hall–Kier alpha value is -5.08. The molecule has 1 amide bonds. The number of halogens is 1. The minimum atomic E-state index is -1.66. The van der Waals surface area contributed by atoms with Crippen molar-refractivity contribution < 1.29 is 14.3 Å². The minimum Gasteiger partial charge on any atom is -0.387 e. The van der Waals surface area contributed by atoms with E-state index in [1.807, 2.05) is 47.2 Å². The van der Waals surface area contributed by atoms with Crippen LogP contribution in [-0.2, 0) is 0 Å². The summed E-state index contributed by atoms with van der Waals surface area (Å²) in [7, 11) is 0. The second kappa shape index (κ2) is 10.4. The van der Waals surface area contributed by atoms with Crippen molar-refractivity contribution in [2.75, 3.05) is 11.9 Å². The zero-order valence-corrected chi connectivity index (χ0v) is 21.2. The number of imidazole rings is 1. The Morgan fingerprint density at radius 3 is 2.67 bits per heavy atom. The Morgan fingerprint density at radius 2 is 1.97 bits per heavy atom. The van der Waals surface area contributed by atoms with E-state index in [0.717, 1.165) is 11.2 Å². The van der Waals surface area contributed by atoms with Crippen LogP contribution in [-0.4, -0.2) is 53.5 Å². The van der Waals surface area contributed by atoms with Gasteiger partial charge in [0.05, 0.1) is 58.4 Å². The van der Waals surface area contributed by atoms with Crippen molar-refractivity contribution in [3.05, 3.63) is 90.8 Å². The second-order valence-corrected chi connectivity index (χ2v) is 9.50. The van der Waals surface area contributed by atoms with Gasteiger partial charge in [-0.25, -0.2) is 13.9 Å². The number of nitrogens with zero attached hydrogens (tertiary/aromatic N) is 6. The van der Waals surface area contributed by atoms with Crippen molar-refractivity contribution >= 4 is 22.8 Å². The summed E-state index contributed by atoms with van der Waals surface area (Å²) in [6.07, 6.45) is 6.44. The van der Waals surface area contributed by atoms with Crippen molar-refractivity contribution in [2.24, 2.45) is 0 Å². The molecular weight excluding hydrogens is 499 g/mol. The molecule has 1 atom stereocenters. The molecule has 0 aliphatic rings. The van der Waals surface area contributed by atoms with E-state index in [1.54, 1.807) is 29.2 Å². The SMILES string of the molecule is CC(C)(O)[C@H](F)CNC(=O)c1cnc(-c2ccc3cc(C#N)cnn23)cc1Nc1ccc(-n2ccnc2)cc1. The molecule has 3 N–H and O–H groups in total. The summed E-state index contributed by atoms with van der Waals surface area (Å²) in [5.41, 5.74) is 3.00. The number of rotatable bonds is 8. The van der Waals surface area contributed by atoms with Gasteiger partial charge >= 0.3 is 0 Å². The number of nitriles is 1. The average Bonchev–Trinajstić information content (AvgIpc) is 3.61. The second-order valence-electron chi connectivity index (χ2n) is 9.50. The zero-order chi connectivity index (χ0) is 27.6. The van der Waals surface area contributed by atoms with E-state index in [4.69, 9.17) is 0 Å². The van der Waals surface area contributed by atoms with E-state index < -0.39 is 17.7 Å². The standard InChI is InChI=1S/C28H25FN8O2/c1-28(2,39)26(29)16-33-27(38)22-15-32-24(25-8-7-21-11-18(13-30)14-34-37(21)25)12-23(22)35-19-3-5-20(6-4-19)36-10-9-31-17-36/h3-12,14-15,17,26,39H,16H2,1-2H3,(H,32,35)(H,33,38)/t26-/m1/s1. The molecule has 0 saturated heterocycles. The number of carbonyl (C=O) groups excluding carboxylic acids is 1. The van der Waals surface area contributed by atoms with Crippen LogP contribution in [0, 0.1) is 11.3 Å². The number of alkyl halides is 1. The van der Waals surface area contributed by atoms with Gasteiger partial charge in [-0.05, 0) is 62.4 Å². The molecule has 5 aromatic rings. The van der Waals surface area contributed by atoms with Crippen molar-refractivity contribution in [2.45, 2.75) is 25.6 Å². The third-order valence-electron chi connectivity index (χ3n) is 6.20. The molecule has 0 fully saturated rings. The number of anilines is 2. The van der Waals surface area contributed by atoms with Crippen LogP contribution in [0.4, 0.5) is 15.8 Å². The third kappa shape index (κ3) is 5.46. The maximum absolute atomic E-state index is 14.3. The molecule has 11 heteroatoms. The lowest BCUT2D eigenvalue weighted by Crippen LogP contribution is -2.42. The average molecular weight is 525 g/mol. The molecular formula is C28H25FN8O2. The van der Waals surface area contributed by atoms with Gasteiger partial charge in [0.1, 0.15) is 12.2 Å². The van der Waals surface area contributed by atoms with Crippen molar-refractivity contribution in [1.29, 1.82) is 5.26 Å². The van der Waals surface area contributed by atoms with E-state index in [9.17, 15) is 19.6 Å². The van der Waals surface area contributed by atoms with Gasteiger partial charge in [-0.3, -0.25) is 9.78 Å². The molecule has 0 bridgehead atoms. The highest BCUT2D eigenvalue weighted by Gasteiger charge is 2.27. The number of pyridine rings is 1. The summed E-state index contributed by atoms with van der Waals surface area (Å²) < 4.78 is 17.8. The summed E-state index contributed by atoms with van der Waals surface area (Å²) in [6, 6.07) is 16.7. The molecule has 0 aliphatic heterocycles. The Labute approximate surface area is 223 Å². The number of aliphatic hydroxyl groups is 1. The van der Waals surface area contributed by atoms with Gasteiger partial charge in [-0.15, -0.1) is 0 Å². The highest BCUT2D eigenvalue weighted by atomic mass is 19.1. The van der Waals surface area contributed by atoms with Crippen molar-refractivity contribution in [3.63, 3.8) is 0 Å².